The summed E-state index contributed by atoms with van der Waals surface area (Å²) in [5, 5.41) is 7.57. The topological polar surface area (TPSA) is 106 Å². The Morgan fingerprint density at radius 1 is 1.05 bits per heavy atom. The molecule has 0 unspecified atom stereocenters. The Labute approximate surface area is 232 Å². The molecule has 1 aliphatic heterocycles. The number of carbonyl (C=O) groups is 2. The zero-order chi connectivity index (χ0) is 26.2. The predicted molar refractivity (Wildman–Crippen MR) is 151 cm³/mol. The molecule has 1 saturated heterocycles. The molecule has 0 bridgehead atoms. The number of aryl methyl sites for hydroxylation is 1. The normalized spacial score (nSPS) is 23.1. The van der Waals surface area contributed by atoms with Crippen molar-refractivity contribution < 1.29 is 19.1 Å². The van der Waals surface area contributed by atoms with Gasteiger partial charge in [0.15, 0.2) is 0 Å². The fourth-order valence-corrected chi connectivity index (χ4v) is 5.72. The number of methoxy groups -OCH3 is 1. The highest BCUT2D eigenvalue weighted by molar-refractivity contribution is 5.94. The van der Waals surface area contributed by atoms with Crippen LogP contribution in [0.4, 0.5) is 0 Å². The van der Waals surface area contributed by atoms with E-state index in [1.165, 1.54) is 18.2 Å². The van der Waals surface area contributed by atoms with Crippen LogP contribution in [0.2, 0.25) is 0 Å². The molecule has 0 aromatic heterocycles. The largest absolute Gasteiger partial charge is 0.469 e. The maximum Gasteiger partial charge on any atom is 0.306 e. The Morgan fingerprint density at radius 3 is 2.37 bits per heavy atom. The summed E-state index contributed by atoms with van der Waals surface area (Å²) in [4.78, 5) is 27.0. The minimum absolute atomic E-state index is 0. The highest BCUT2D eigenvalue weighted by Crippen LogP contribution is 2.35. The molecule has 38 heavy (non-hydrogen) atoms. The van der Waals surface area contributed by atoms with Gasteiger partial charge in [-0.3, -0.25) is 15.0 Å². The first-order valence-corrected chi connectivity index (χ1v) is 13.4. The summed E-state index contributed by atoms with van der Waals surface area (Å²) in [5.74, 6) is -0.0279. The van der Waals surface area contributed by atoms with Gasteiger partial charge in [0.2, 0.25) is 5.91 Å². The van der Waals surface area contributed by atoms with Gasteiger partial charge in [0.25, 0.3) is 0 Å². The maximum atomic E-state index is 13.2. The summed E-state index contributed by atoms with van der Waals surface area (Å²) >= 11 is 0. The Kier molecular flexibility index (Phi) is 11.2. The first-order chi connectivity index (χ1) is 17.9. The predicted octanol–water partition coefficient (Wildman–Crippen LogP) is 4.85. The summed E-state index contributed by atoms with van der Waals surface area (Å²) in [5.41, 5.74) is 8.89. The van der Waals surface area contributed by atoms with Crippen LogP contribution in [0.3, 0.4) is 0 Å². The monoisotopic (exact) mass is 541 g/mol. The van der Waals surface area contributed by atoms with E-state index >= 15 is 0 Å². The van der Waals surface area contributed by atoms with Crippen LogP contribution in [0.1, 0.15) is 67.6 Å². The number of nitrogens with two attached hydrogens (primary N) is 1. The Morgan fingerprint density at radius 2 is 1.74 bits per heavy atom. The smallest absolute Gasteiger partial charge is 0.306 e. The van der Waals surface area contributed by atoms with E-state index in [0.29, 0.717) is 25.5 Å². The lowest BCUT2D eigenvalue weighted by Crippen LogP contribution is -2.39. The molecule has 3 N–H and O–H groups in total. The second kappa shape index (κ2) is 14.3. The third-order valence-corrected chi connectivity index (χ3v) is 7.87. The van der Waals surface area contributed by atoms with Gasteiger partial charge in [0, 0.05) is 12.1 Å². The van der Waals surface area contributed by atoms with Crippen LogP contribution < -0.4 is 5.73 Å². The highest BCUT2D eigenvalue weighted by atomic mass is 35.5. The number of halogens is 1. The summed E-state index contributed by atoms with van der Waals surface area (Å²) in [6, 6.07) is 18.3. The van der Waals surface area contributed by atoms with E-state index in [-0.39, 0.29) is 54.6 Å². The Hall–Kier alpha value is -2.90. The molecule has 7 nitrogen and oxygen atoms in total. The lowest BCUT2D eigenvalue weighted by Gasteiger charge is -2.31. The van der Waals surface area contributed by atoms with Crippen molar-refractivity contribution in [1.29, 1.82) is 5.41 Å². The fraction of sp³-hybridized carbons (Fsp3) is 0.500. The average molecular weight is 542 g/mol. The van der Waals surface area contributed by atoms with Crippen molar-refractivity contribution in [3.63, 3.8) is 0 Å². The molecule has 2 aromatic rings. The van der Waals surface area contributed by atoms with E-state index < -0.39 is 0 Å². The SMILES string of the molecule is COC(=O)C[C@@H]1C[C@@H](COC2CCC(c3ccc(C(=N)N)cc3)CC2)N(CCCc2ccccc2)C1=O.Cl. The van der Waals surface area contributed by atoms with Crippen molar-refractivity contribution in [2.24, 2.45) is 11.7 Å². The molecular formula is C30H40ClN3O4. The molecule has 0 radical (unpaired) electrons. The number of benzene rings is 2. The molecule has 2 fully saturated rings. The molecular weight excluding hydrogens is 502 g/mol. The second-order valence-corrected chi connectivity index (χ2v) is 10.3. The lowest BCUT2D eigenvalue weighted by atomic mass is 9.82. The zero-order valence-corrected chi connectivity index (χ0v) is 23.0. The van der Waals surface area contributed by atoms with Gasteiger partial charge >= 0.3 is 5.97 Å². The summed E-state index contributed by atoms with van der Waals surface area (Å²) in [6.45, 7) is 1.18. The molecule has 206 valence electrons. The molecule has 0 spiro atoms. The van der Waals surface area contributed by atoms with Crippen LogP contribution in [0, 0.1) is 11.3 Å². The van der Waals surface area contributed by atoms with Gasteiger partial charge in [-0.15, -0.1) is 12.4 Å². The molecule has 1 heterocycles. The number of hydrogen-bond donors (Lipinski definition) is 2. The maximum absolute atomic E-state index is 13.2. The third-order valence-electron chi connectivity index (χ3n) is 7.87. The number of amidine groups is 1. The highest BCUT2D eigenvalue weighted by Gasteiger charge is 2.40. The molecule has 2 aliphatic rings. The van der Waals surface area contributed by atoms with Crippen LogP contribution >= 0.6 is 12.4 Å². The van der Waals surface area contributed by atoms with Gasteiger partial charge in [0.1, 0.15) is 5.84 Å². The molecule has 1 aliphatic carbocycles. The van der Waals surface area contributed by atoms with E-state index in [1.807, 2.05) is 35.2 Å². The molecule has 8 heteroatoms. The molecule has 2 aromatic carbocycles. The van der Waals surface area contributed by atoms with Crippen molar-refractivity contribution in [2.75, 3.05) is 20.3 Å². The number of esters is 1. The third kappa shape index (κ3) is 7.81. The van der Waals surface area contributed by atoms with Crippen LogP contribution in [0.5, 0.6) is 0 Å². The minimum Gasteiger partial charge on any atom is -0.469 e. The van der Waals surface area contributed by atoms with E-state index in [2.05, 4.69) is 24.3 Å². The lowest BCUT2D eigenvalue weighted by molar-refractivity contribution is -0.145. The Bertz CT molecular complexity index is 1050. The quantitative estimate of drug-likeness (QED) is 0.240. The van der Waals surface area contributed by atoms with Gasteiger partial charge in [-0.2, -0.15) is 0 Å². The number of ether oxygens (including phenoxy) is 2. The van der Waals surface area contributed by atoms with Gasteiger partial charge < -0.3 is 20.1 Å². The second-order valence-electron chi connectivity index (χ2n) is 10.3. The van der Waals surface area contributed by atoms with Gasteiger partial charge in [-0.25, -0.2) is 0 Å². The van der Waals surface area contributed by atoms with Gasteiger partial charge in [-0.05, 0) is 62.0 Å². The molecule has 4 rings (SSSR count). The minimum atomic E-state index is -0.334. The van der Waals surface area contributed by atoms with E-state index in [9.17, 15) is 9.59 Å². The number of likely N-dealkylation sites (tertiary alicyclic amines) is 1. The van der Waals surface area contributed by atoms with Crippen molar-refractivity contribution in [3.8, 4) is 0 Å². The van der Waals surface area contributed by atoms with Crippen LogP contribution in [-0.4, -0.2) is 55.0 Å². The number of rotatable bonds is 11. The van der Waals surface area contributed by atoms with Gasteiger partial charge in [-0.1, -0.05) is 54.6 Å². The Balaban J connectivity index is 0.00000400. The van der Waals surface area contributed by atoms with E-state index in [4.69, 9.17) is 20.6 Å². The molecule has 1 saturated carbocycles. The summed E-state index contributed by atoms with van der Waals surface area (Å²) in [6.07, 6.45) is 6.83. The first-order valence-electron chi connectivity index (χ1n) is 13.4. The average Bonchev–Trinajstić information content (AvgIpc) is 3.22. The van der Waals surface area contributed by atoms with Gasteiger partial charge in [0.05, 0.1) is 38.2 Å². The van der Waals surface area contributed by atoms with Crippen molar-refractivity contribution in [3.05, 3.63) is 71.3 Å². The van der Waals surface area contributed by atoms with Crippen molar-refractivity contribution in [2.45, 2.75) is 69.4 Å². The summed E-state index contributed by atoms with van der Waals surface area (Å²) < 4.78 is 11.2. The van der Waals surface area contributed by atoms with Crippen molar-refractivity contribution >= 4 is 30.1 Å². The van der Waals surface area contributed by atoms with Crippen LogP contribution in [0.15, 0.2) is 54.6 Å². The fourth-order valence-electron chi connectivity index (χ4n) is 5.72. The van der Waals surface area contributed by atoms with E-state index in [0.717, 1.165) is 44.1 Å². The number of hydrogen-bond acceptors (Lipinski definition) is 5. The standard InChI is InChI=1S/C30H39N3O4.ClH/c1-36-28(34)19-25-18-26(33(30(25)35)17-5-8-21-6-3-2-4-7-21)20-37-27-15-13-23(14-16-27)22-9-11-24(12-10-22)29(31)32;/h2-4,6-7,9-12,23,25-27H,5,8,13-20H2,1H3,(H3,31,32);1H/t23?,25-,26-,27?;/m0./s1. The van der Waals surface area contributed by atoms with Crippen molar-refractivity contribution in [1.82, 2.24) is 4.90 Å². The number of carbonyl (C=O) groups excluding carboxylic acids is 2. The van der Waals surface area contributed by atoms with Crippen LogP contribution in [-0.2, 0) is 25.5 Å². The molecule has 1 amide bonds. The van der Waals surface area contributed by atoms with Crippen LogP contribution in [0.25, 0.3) is 0 Å². The number of nitrogens with one attached hydrogen (secondary N) is 1. The number of amides is 1. The van der Waals surface area contributed by atoms with E-state index in [1.54, 1.807) is 0 Å². The summed E-state index contributed by atoms with van der Waals surface area (Å²) in [7, 11) is 1.37. The first kappa shape index (κ1) is 29.7. The zero-order valence-electron chi connectivity index (χ0n) is 22.1. The number of nitrogens with zero attached hydrogens (tertiary/aromatic N) is 1. The number of nitrogen functional groups attached to an aromatic ring is 1. The molecule has 2 atom stereocenters.